The highest BCUT2D eigenvalue weighted by molar-refractivity contribution is 7.85. The zero-order chi connectivity index (χ0) is 35.4. The van der Waals surface area contributed by atoms with Crippen LogP contribution in [-0.4, -0.2) is 13.0 Å². The molecule has 0 radical (unpaired) electrons. The van der Waals surface area contributed by atoms with Crippen LogP contribution in [0.1, 0.15) is 250 Å². The van der Waals surface area contributed by atoms with Gasteiger partial charge in [0, 0.05) is 0 Å². The van der Waals surface area contributed by atoms with Crippen molar-refractivity contribution in [3.05, 3.63) is 29.8 Å². The topological polar surface area (TPSA) is 54.4 Å². The fraction of sp³-hybridized carbons (Fsp3) is 0.867. The summed E-state index contributed by atoms with van der Waals surface area (Å²) in [6.45, 7) is 2.30. The van der Waals surface area contributed by atoms with Crippen LogP contribution in [0.2, 0.25) is 0 Å². The van der Waals surface area contributed by atoms with Gasteiger partial charge in [0.05, 0.1) is 4.90 Å². The molecule has 0 saturated heterocycles. The molecule has 3 nitrogen and oxygen atoms in total. The van der Waals surface area contributed by atoms with E-state index in [1.54, 1.807) is 12.1 Å². The van der Waals surface area contributed by atoms with Crippen LogP contribution in [-0.2, 0) is 16.5 Å². The second-order valence-corrected chi connectivity index (χ2v) is 17.0. The van der Waals surface area contributed by atoms with E-state index in [1.165, 1.54) is 237 Å². The third-order valence-electron chi connectivity index (χ3n) is 10.8. The van der Waals surface area contributed by atoms with Crippen LogP contribution in [0.5, 0.6) is 0 Å². The van der Waals surface area contributed by atoms with Crippen molar-refractivity contribution < 1.29 is 13.0 Å². The Bertz CT molecular complexity index is 912. The van der Waals surface area contributed by atoms with E-state index in [2.05, 4.69) is 6.92 Å². The molecule has 0 heterocycles. The Morgan fingerprint density at radius 1 is 0.388 bits per heavy atom. The Morgan fingerprint density at radius 3 is 0.878 bits per heavy atom. The lowest BCUT2D eigenvalue weighted by molar-refractivity contribution is 0.483. The van der Waals surface area contributed by atoms with Gasteiger partial charge >= 0.3 is 0 Å². The molecule has 49 heavy (non-hydrogen) atoms. The summed E-state index contributed by atoms with van der Waals surface area (Å²) in [5.41, 5.74) is 0.992. The first-order valence-electron chi connectivity index (χ1n) is 22.1. The largest absolute Gasteiger partial charge is 0.294 e. The van der Waals surface area contributed by atoms with Crippen LogP contribution in [0, 0.1) is 0 Å². The van der Waals surface area contributed by atoms with Crippen LogP contribution >= 0.6 is 0 Å². The molecule has 0 bridgehead atoms. The van der Waals surface area contributed by atoms with Gasteiger partial charge in [-0.15, -0.1) is 0 Å². The van der Waals surface area contributed by atoms with Crippen molar-refractivity contribution in [2.24, 2.45) is 0 Å². The van der Waals surface area contributed by atoms with Crippen molar-refractivity contribution in [1.29, 1.82) is 0 Å². The summed E-state index contributed by atoms with van der Waals surface area (Å²) in [5.74, 6) is 0. The second-order valence-electron chi connectivity index (χ2n) is 15.6. The van der Waals surface area contributed by atoms with E-state index >= 15 is 0 Å². The minimum atomic E-state index is -4.10. The molecule has 0 fully saturated rings. The van der Waals surface area contributed by atoms with Crippen molar-refractivity contribution in [2.45, 2.75) is 256 Å². The zero-order valence-electron chi connectivity index (χ0n) is 32.9. The number of aryl methyl sites for hydroxylation is 1. The van der Waals surface area contributed by atoms with Gasteiger partial charge in [-0.2, -0.15) is 8.42 Å². The number of rotatable bonds is 39. The molecule has 0 saturated carbocycles. The predicted octanol–water partition coefficient (Wildman–Crippen LogP) is 15.9. The molecule has 0 unspecified atom stereocenters. The van der Waals surface area contributed by atoms with E-state index in [0.717, 1.165) is 18.4 Å². The smallest absolute Gasteiger partial charge is 0.282 e. The van der Waals surface area contributed by atoms with E-state index in [1.807, 2.05) is 6.07 Å². The standard InChI is InChI=1S/C45H84O3S/c1-2-3-4-5-6-7-8-9-10-11-12-13-14-15-16-17-18-19-20-21-22-23-24-25-26-27-28-29-30-31-32-33-34-35-36-37-38-40-44-41-39-42-45(43-44)49(46,47)48/h39,41-43H,2-38,40H2,1H3,(H,46,47,48). The molecule has 0 amide bonds. The highest BCUT2D eigenvalue weighted by Crippen LogP contribution is 2.18. The van der Waals surface area contributed by atoms with Gasteiger partial charge in [0.15, 0.2) is 0 Å². The summed E-state index contributed by atoms with van der Waals surface area (Å²) in [7, 11) is -4.10. The lowest BCUT2D eigenvalue weighted by Gasteiger charge is -2.05. The third-order valence-corrected chi connectivity index (χ3v) is 11.6. The van der Waals surface area contributed by atoms with Crippen LogP contribution in [0.15, 0.2) is 29.2 Å². The second kappa shape index (κ2) is 35.5. The maximum absolute atomic E-state index is 11.3. The minimum Gasteiger partial charge on any atom is -0.282 e. The fourth-order valence-electron chi connectivity index (χ4n) is 7.45. The Kier molecular flexibility index (Phi) is 33.5. The van der Waals surface area contributed by atoms with Gasteiger partial charge in [-0.3, -0.25) is 4.55 Å². The van der Waals surface area contributed by atoms with Crippen molar-refractivity contribution >= 4 is 10.1 Å². The summed E-state index contributed by atoms with van der Waals surface area (Å²) < 4.78 is 31.7. The van der Waals surface area contributed by atoms with Gasteiger partial charge in [0.1, 0.15) is 0 Å². The Morgan fingerprint density at radius 2 is 0.633 bits per heavy atom. The summed E-state index contributed by atoms with van der Waals surface area (Å²) in [4.78, 5) is 0.00606. The quantitative estimate of drug-likeness (QED) is 0.0548. The van der Waals surface area contributed by atoms with Crippen LogP contribution in [0.4, 0.5) is 0 Å². The third kappa shape index (κ3) is 32.8. The van der Waals surface area contributed by atoms with E-state index in [0.29, 0.717) is 0 Å². The Labute approximate surface area is 307 Å². The average molecular weight is 705 g/mol. The van der Waals surface area contributed by atoms with Crippen molar-refractivity contribution in [3.8, 4) is 0 Å². The Hall–Kier alpha value is -0.870. The van der Waals surface area contributed by atoms with E-state index in [-0.39, 0.29) is 4.90 Å². The van der Waals surface area contributed by atoms with Crippen LogP contribution in [0.25, 0.3) is 0 Å². The van der Waals surface area contributed by atoms with Crippen LogP contribution in [0.3, 0.4) is 0 Å². The number of benzene rings is 1. The molecule has 1 N–H and O–H groups in total. The summed E-state index contributed by atoms with van der Waals surface area (Å²) in [6.07, 6.45) is 53.6. The molecular formula is C45H84O3S. The highest BCUT2D eigenvalue weighted by Gasteiger charge is 2.09. The summed E-state index contributed by atoms with van der Waals surface area (Å²) >= 11 is 0. The maximum atomic E-state index is 11.3. The van der Waals surface area contributed by atoms with Gasteiger partial charge in [0.2, 0.25) is 0 Å². The molecule has 1 rings (SSSR count). The van der Waals surface area contributed by atoms with Crippen molar-refractivity contribution in [3.63, 3.8) is 0 Å². The van der Waals surface area contributed by atoms with Crippen molar-refractivity contribution in [2.75, 3.05) is 0 Å². The maximum Gasteiger partial charge on any atom is 0.294 e. The molecule has 288 valence electrons. The molecule has 4 heteroatoms. The normalized spacial score (nSPS) is 11.9. The molecule has 0 atom stereocenters. The molecule has 1 aromatic carbocycles. The summed E-state index contributed by atoms with van der Waals surface area (Å²) in [5, 5.41) is 0. The lowest BCUT2D eigenvalue weighted by atomic mass is 10.0. The van der Waals surface area contributed by atoms with Crippen LogP contribution < -0.4 is 0 Å². The first-order valence-corrected chi connectivity index (χ1v) is 23.5. The average Bonchev–Trinajstić information content (AvgIpc) is 3.09. The predicted molar refractivity (Wildman–Crippen MR) is 216 cm³/mol. The Balaban J connectivity index is 1.67. The van der Waals surface area contributed by atoms with Crippen molar-refractivity contribution in [1.82, 2.24) is 0 Å². The molecule has 0 aromatic heterocycles. The molecule has 0 spiro atoms. The first kappa shape index (κ1) is 46.2. The van der Waals surface area contributed by atoms with E-state index in [4.69, 9.17) is 0 Å². The minimum absolute atomic E-state index is 0.00606. The number of hydrogen-bond donors (Lipinski definition) is 1. The van der Waals surface area contributed by atoms with Gasteiger partial charge in [0.25, 0.3) is 10.1 Å². The molecule has 1 aromatic rings. The molecule has 0 aliphatic rings. The molecule has 0 aliphatic carbocycles. The van der Waals surface area contributed by atoms with Gasteiger partial charge in [-0.25, -0.2) is 0 Å². The highest BCUT2D eigenvalue weighted by atomic mass is 32.2. The zero-order valence-corrected chi connectivity index (χ0v) is 33.7. The lowest BCUT2D eigenvalue weighted by Crippen LogP contribution is -1.98. The number of hydrogen-bond acceptors (Lipinski definition) is 2. The van der Waals surface area contributed by atoms with E-state index < -0.39 is 10.1 Å². The number of unbranched alkanes of at least 4 members (excludes halogenated alkanes) is 36. The van der Waals surface area contributed by atoms with Gasteiger partial charge in [-0.1, -0.05) is 250 Å². The molecule has 0 aliphatic heterocycles. The monoisotopic (exact) mass is 705 g/mol. The van der Waals surface area contributed by atoms with E-state index in [9.17, 15) is 13.0 Å². The summed E-state index contributed by atoms with van der Waals surface area (Å²) in [6, 6.07) is 6.70. The van der Waals surface area contributed by atoms with Gasteiger partial charge in [-0.05, 0) is 30.5 Å². The van der Waals surface area contributed by atoms with Gasteiger partial charge < -0.3 is 0 Å². The molecular weight excluding hydrogens is 621 g/mol. The first-order chi connectivity index (χ1) is 24.0. The SMILES string of the molecule is CCCCCCCCCCCCCCCCCCCCCCCCCCCCCCCCCCCCCCCc1cccc(S(=O)(=O)O)c1. The fourth-order valence-corrected chi connectivity index (χ4v) is 8.00.